The lowest BCUT2D eigenvalue weighted by Gasteiger charge is -2.11. The lowest BCUT2D eigenvalue weighted by molar-refractivity contribution is 0.774. The topological polar surface area (TPSA) is 97.6 Å². The largest absolute Gasteiger partial charge is 0.240 e. The highest BCUT2D eigenvalue weighted by Gasteiger charge is 2.16. The Labute approximate surface area is 156 Å². The Morgan fingerprint density at radius 2 is 2.07 bits per heavy atom. The van der Waals surface area contributed by atoms with E-state index in [-0.39, 0.29) is 0 Å². The molecule has 0 saturated heterocycles. The average molecular weight is 358 g/mol. The van der Waals surface area contributed by atoms with Gasteiger partial charge >= 0.3 is 0 Å². The smallest absolute Gasteiger partial charge is 0.171 e. The first-order chi connectivity index (χ1) is 13.2. The van der Waals surface area contributed by atoms with E-state index in [1.54, 1.807) is 40.1 Å². The zero-order chi connectivity index (χ0) is 18.8. The van der Waals surface area contributed by atoms with Crippen molar-refractivity contribution in [2.24, 2.45) is 0 Å². The molecule has 0 aliphatic carbocycles. The molecule has 0 unspecified atom stereocenters. The summed E-state index contributed by atoms with van der Waals surface area (Å²) in [6.07, 6.45) is 7.49. The number of aromatic nitrogens is 7. The van der Waals surface area contributed by atoms with Crippen LogP contribution in [0.15, 0.2) is 36.9 Å². The van der Waals surface area contributed by atoms with Crippen molar-refractivity contribution in [2.45, 2.75) is 33.1 Å². The van der Waals surface area contributed by atoms with Crippen LogP contribution >= 0.6 is 0 Å². The summed E-state index contributed by atoms with van der Waals surface area (Å²) in [6, 6.07) is 7.58. The molecule has 134 valence electrons. The van der Waals surface area contributed by atoms with Crippen LogP contribution in [0.1, 0.15) is 41.7 Å². The van der Waals surface area contributed by atoms with Gasteiger partial charge in [-0.15, -0.1) is 0 Å². The molecule has 8 heteroatoms. The Balaban J connectivity index is 1.79. The summed E-state index contributed by atoms with van der Waals surface area (Å²) < 4.78 is 3.43. The molecule has 0 saturated carbocycles. The summed E-state index contributed by atoms with van der Waals surface area (Å²) in [6.45, 7) is 4.01. The van der Waals surface area contributed by atoms with Gasteiger partial charge in [0, 0.05) is 24.4 Å². The molecule has 0 atom stereocenters. The van der Waals surface area contributed by atoms with Gasteiger partial charge < -0.3 is 0 Å². The minimum atomic E-state index is 0.479. The van der Waals surface area contributed by atoms with Gasteiger partial charge in [0.25, 0.3) is 0 Å². The van der Waals surface area contributed by atoms with Crippen LogP contribution in [-0.4, -0.2) is 34.3 Å². The molecule has 0 bridgehead atoms. The summed E-state index contributed by atoms with van der Waals surface area (Å²) in [5, 5.41) is 18.1. The molecule has 4 aromatic rings. The third-order valence-electron chi connectivity index (χ3n) is 4.36. The number of hydrogen-bond acceptors (Lipinski definition) is 6. The van der Waals surface area contributed by atoms with Crippen LogP contribution in [0.5, 0.6) is 0 Å². The standard InChI is InChI=1S/C19H18N8/c1-3-5-16-17(22-12-26-19(16)24-13(2)25-26)10-15-7-9-23-27(15)18-14(11-20)6-4-8-21-18/h4,6-9,12H,3,5,10H2,1-2H3. The molecule has 27 heavy (non-hydrogen) atoms. The van der Waals surface area contributed by atoms with Crippen molar-refractivity contribution in [3.05, 3.63) is 65.3 Å². The molecular formula is C19H18N8. The summed E-state index contributed by atoms with van der Waals surface area (Å²) >= 11 is 0. The molecule has 0 amide bonds. The number of aryl methyl sites for hydroxylation is 2. The van der Waals surface area contributed by atoms with Gasteiger partial charge in [-0.25, -0.2) is 24.1 Å². The minimum absolute atomic E-state index is 0.479. The molecule has 0 aromatic carbocycles. The number of hydrogen-bond donors (Lipinski definition) is 0. The molecule has 0 spiro atoms. The first-order valence-electron chi connectivity index (χ1n) is 8.79. The van der Waals surface area contributed by atoms with Gasteiger partial charge in [-0.05, 0) is 31.5 Å². The molecular weight excluding hydrogens is 340 g/mol. The van der Waals surface area contributed by atoms with Crippen molar-refractivity contribution in [1.82, 2.24) is 34.3 Å². The van der Waals surface area contributed by atoms with Gasteiger partial charge in [-0.3, -0.25) is 0 Å². The number of rotatable bonds is 5. The van der Waals surface area contributed by atoms with Crippen molar-refractivity contribution in [1.29, 1.82) is 5.26 Å². The molecule has 0 radical (unpaired) electrons. The van der Waals surface area contributed by atoms with E-state index >= 15 is 0 Å². The second kappa shape index (κ2) is 6.96. The lowest BCUT2D eigenvalue weighted by Crippen LogP contribution is -2.10. The number of pyridine rings is 1. The highest BCUT2D eigenvalue weighted by molar-refractivity contribution is 5.50. The van der Waals surface area contributed by atoms with E-state index in [4.69, 9.17) is 0 Å². The Morgan fingerprint density at radius 3 is 2.89 bits per heavy atom. The normalized spacial score (nSPS) is 11.0. The Kier molecular flexibility index (Phi) is 4.34. The monoisotopic (exact) mass is 358 g/mol. The third kappa shape index (κ3) is 3.04. The zero-order valence-corrected chi connectivity index (χ0v) is 15.2. The zero-order valence-electron chi connectivity index (χ0n) is 15.2. The van der Waals surface area contributed by atoms with E-state index in [2.05, 4.69) is 38.1 Å². The van der Waals surface area contributed by atoms with Gasteiger partial charge in [-0.2, -0.15) is 15.5 Å². The quantitative estimate of drug-likeness (QED) is 0.543. The molecule has 4 rings (SSSR count). The van der Waals surface area contributed by atoms with Crippen LogP contribution in [0.2, 0.25) is 0 Å². The summed E-state index contributed by atoms with van der Waals surface area (Å²) in [5.41, 5.74) is 4.27. The highest BCUT2D eigenvalue weighted by Crippen LogP contribution is 2.20. The molecule has 0 aliphatic heterocycles. The van der Waals surface area contributed by atoms with Crippen LogP contribution in [0.25, 0.3) is 11.5 Å². The highest BCUT2D eigenvalue weighted by atomic mass is 15.3. The molecule has 4 aromatic heterocycles. The van der Waals surface area contributed by atoms with Crippen molar-refractivity contribution in [3.8, 4) is 11.9 Å². The van der Waals surface area contributed by atoms with Gasteiger partial charge in [0.2, 0.25) is 0 Å². The van der Waals surface area contributed by atoms with Gasteiger partial charge in [-0.1, -0.05) is 13.3 Å². The first-order valence-corrected chi connectivity index (χ1v) is 8.79. The second-order valence-electron chi connectivity index (χ2n) is 6.24. The SMILES string of the molecule is CCCc1c(Cc2ccnn2-c2ncccc2C#N)ncn2nc(C)nc12. The number of fused-ring (bicyclic) bond motifs is 1. The Morgan fingerprint density at radius 1 is 1.19 bits per heavy atom. The van der Waals surface area contributed by atoms with Crippen LogP contribution in [0, 0.1) is 18.3 Å². The van der Waals surface area contributed by atoms with Crippen molar-refractivity contribution < 1.29 is 0 Å². The summed E-state index contributed by atoms with van der Waals surface area (Å²) in [5.74, 6) is 1.25. The van der Waals surface area contributed by atoms with E-state index in [1.165, 1.54) is 0 Å². The van der Waals surface area contributed by atoms with E-state index in [1.807, 2.05) is 13.0 Å². The van der Waals surface area contributed by atoms with E-state index in [9.17, 15) is 5.26 Å². The fourth-order valence-corrected chi connectivity index (χ4v) is 3.19. The minimum Gasteiger partial charge on any atom is -0.240 e. The molecule has 0 N–H and O–H groups in total. The lowest BCUT2D eigenvalue weighted by atomic mass is 10.1. The van der Waals surface area contributed by atoms with Crippen molar-refractivity contribution >= 4 is 5.65 Å². The Hall–Kier alpha value is -3.60. The average Bonchev–Trinajstić information content (AvgIpc) is 3.29. The second-order valence-corrected chi connectivity index (χ2v) is 6.24. The van der Waals surface area contributed by atoms with Gasteiger partial charge in [0.05, 0.1) is 17.0 Å². The van der Waals surface area contributed by atoms with Crippen LogP contribution in [0.3, 0.4) is 0 Å². The predicted octanol–water partition coefficient (Wildman–Crippen LogP) is 2.43. The molecule has 0 fully saturated rings. The fraction of sp³-hybridized carbons (Fsp3) is 0.263. The molecule has 0 aliphatic rings. The number of nitriles is 1. The molecule has 8 nitrogen and oxygen atoms in total. The third-order valence-corrected chi connectivity index (χ3v) is 4.36. The maximum Gasteiger partial charge on any atom is 0.171 e. The maximum atomic E-state index is 9.37. The van der Waals surface area contributed by atoms with Crippen molar-refractivity contribution in [2.75, 3.05) is 0 Å². The maximum absolute atomic E-state index is 9.37. The summed E-state index contributed by atoms with van der Waals surface area (Å²) in [7, 11) is 0. The van der Waals surface area contributed by atoms with Gasteiger partial charge in [0.15, 0.2) is 11.5 Å². The van der Waals surface area contributed by atoms with E-state index < -0.39 is 0 Å². The first kappa shape index (κ1) is 16.8. The Bertz CT molecular complexity index is 1150. The predicted molar refractivity (Wildman–Crippen MR) is 98.4 cm³/mol. The number of nitrogens with zero attached hydrogens (tertiary/aromatic N) is 8. The van der Waals surface area contributed by atoms with Crippen LogP contribution in [-0.2, 0) is 12.8 Å². The van der Waals surface area contributed by atoms with Crippen LogP contribution in [0.4, 0.5) is 0 Å². The van der Waals surface area contributed by atoms with Crippen LogP contribution < -0.4 is 0 Å². The van der Waals surface area contributed by atoms with E-state index in [0.717, 1.165) is 41.3 Å². The molecule has 4 heterocycles. The van der Waals surface area contributed by atoms with E-state index in [0.29, 0.717) is 17.8 Å². The van der Waals surface area contributed by atoms with Gasteiger partial charge in [0.1, 0.15) is 18.2 Å². The fourth-order valence-electron chi connectivity index (χ4n) is 3.19. The summed E-state index contributed by atoms with van der Waals surface area (Å²) in [4.78, 5) is 13.5. The van der Waals surface area contributed by atoms with Crippen molar-refractivity contribution in [3.63, 3.8) is 0 Å².